The van der Waals surface area contributed by atoms with Crippen molar-refractivity contribution in [2.45, 2.75) is 12.5 Å². The topological polar surface area (TPSA) is 49.8 Å². The lowest BCUT2D eigenvalue weighted by atomic mass is 10.1. The summed E-state index contributed by atoms with van der Waals surface area (Å²) in [5.41, 5.74) is 0. The Labute approximate surface area is 71.1 Å². The molecule has 4 heteroatoms. The Morgan fingerprint density at radius 1 is 1.58 bits per heavy atom. The maximum atomic E-state index is 11.1. The third-order valence-corrected chi connectivity index (χ3v) is 2.77. The average molecular weight is 171 g/mol. The van der Waals surface area contributed by atoms with Crippen LogP contribution in [-0.2, 0) is 4.74 Å². The van der Waals surface area contributed by atoms with Crippen LogP contribution in [0, 0.1) is 11.8 Å². The molecule has 0 spiro atoms. The van der Waals surface area contributed by atoms with E-state index >= 15 is 0 Å². The van der Waals surface area contributed by atoms with E-state index in [1.807, 2.05) is 0 Å². The van der Waals surface area contributed by atoms with Crippen molar-refractivity contribution >= 4 is 6.09 Å². The van der Waals surface area contributed by atoms with Crippen LogP contribution in [0.1, 0.15) is 6.42 Å². The summed E-state index contributed by atoms with van der Waals surface area (Å²) in [4.78, 5) is 12.7. The van der Waals surface area contributed by atoms with E-state index in [9.17, 15) is 9.90 Å². The van der Waals surface area contributed by atoms with E-state index in [-0.39, 0.29) is 12.2 Å². The maximum absolute atomic E-state index is 11.1. The second kappa shape index (κ2) is 2.62. The van der Waals surface area contributed by atoms with Gasteiger partial charge < -0.3 is 14.7 Å². The first-order chi connectivity index (χ1) is 5.72. The molecule has 0 aromatic heterocycles. The van der Waals surface area contributed by atoms with Gasteiger partial charge in [0.1, 0.15) is 0 Å². The predicted molar refractivity (Wildman–Crippen MR) is 41.6 cm³/mol. The number of likely N-dealkylation sites (tertiary alicyclic amines) is 1. The van der Waals surface area contributed by atoms with Gasteiger partial charge in [0.2, 0.25) is 0 Å². The van der Waals surface area contributed by atoms with E-state index in [2.05, 4.69) is 4.74 Å². The number of carbonyl (C=O) groups excluding carboxylic acids is 1. The number of nitrogens with zero attached hydrogens (tertiary/aromatic N) is 1. The third-order valence-electron chi connectivity index (χ3n) is 2.77. The summed E-state index contributed by atoms with van der Waals surface area (Å²) in [5.74, 6) is 0.971. The smallest absolute Gasteiger partial charge is 0.409 e. The lowest BCUT2D eigenvalue weighted by molar-refractivity contribution is 0.0510. The molecule has 3 atom stereocenters. The van der Waals surface area contributed by atoms with Crippen molar-refractivity contribution in [3.63, 3.8) is 0 Å². The molecule has 2 rings (SSSR count). The number of hydrogen-bond donors (Lipinski definition) is 1. The molecule has 2 aliphatic rings. The number of amides is 1. The van der Waals surface area contributed by atoms with Gasteiger partial charge in [0.25, 0.3) is 0 Å². The van der Waals surface area contributed by atoms with Gasteiger partial charge in [0.05, 0.1) is 19.8 Å². The Bertz CT molecular complexity index is 206. The zero-order chi connectivity index (χ0) is 8.72. The highest BCUT2D eigenvalue weighted by atomic mass is 16.5. The van der Waals surface area contributed by atoms with E-state index in [1.54, 1.807) is 4.90 Å². The van der Waals surface area contributed by atoms with Crippen LogP contribution in [0.4, 0.5) is 4.79 Å². The minimum Gasteiger partial charge on any atom is -0.453 e. The largest absolute Gasteiger partial charge is 0.453 e. The number of methoxy groups -OCH3 is 1. The number of hydrogen-bond acceptors (Lipinski definition) is 3. The van der Waals surface area contributed by atoms with Gasteiger partial charge in [-0.3, -0.25) is 0 Å². The minimum atomic E-state index is -0.331. The predicted octanol–water partition coefficient (Wildman–Crippen LogP) is 0.0654. The summed E-state index contributed by atoms with van der Waals surface area (Å²) in [6.45, 7) is 1.20. The Kier molecular flexibility index (Phi) is 1.72. The highest BCUT2D eigenvalue weighted by molar-refractivity contribution is 5.67. The van der Waals surface area contributed by atoms with Crippen LogP contribution in [0.2, 0.25) is 0 Å². The second-order valence-corrected chi connectivity index (χ2v) is 3.60. The minimum absolute atomic E-state index is 0.320. The molecule has 0 aromatic rings. The zero-order valence-electron chi connectivity index (χ0n) is 7.06. The zero-order valence-corrected chi connectivity index (χ0v) is 7.06. The summed E-state index contributed by atoms with van der Waals surface area (Å²) in [6.07, 6.45) is 0.413. The molecule has 1 amide bonds. The Balaban J connectivity index is 1.96. The molecule has 2 fully saturated rings. The molecule has 0 bridgehead atoms. The molecule has 1 N–H and O–H groups in total. The van der Waals surface area contributed by atoms with Crippen molar-refractivity contribution in [1.82, 2.24) is 4.90 Å². The van der Waals surface area contributed by atoms with Crippen LogP contribution in [0.5, 0.6) is 0 Å². The molecule has 4 nitrogen and oxygen atoms in total. The van der Waals surface area contributed by atoms with E-state index in [0.29, 0.717) is 18.4 Å². The van der Waals surface area contributed by atoms with Crippen LogP contribution in [0.3, 0.4) is 0 Å². The van der Waals surface area contributed by atoms with Crippen molar-refractivity contribution in [2.75, 3.05) is 20.2 Å². The Morgan fingerprint density at radius 2 is 2.33 bits per heavy atom. The van der Waals surface area contributed by atoms with Crippen LogP contribution < -0.4 is 0 Å². The average Bonchev–Trinajstić information content (AvgIpc) is 2.82. The molecular weight excluding hydrogens is 158 g/mol. The van der Waals surface area contributed by atoms with Crippen LogP contribution in [-0.4, -0.2) is 42.4 Å². The SMILES string of the molecule is COC(=O)N1CC(O)C2CC2C1. The lowest BCUT2D eigenvalue weighted by Crippen LogP contribution is -2.43. The Hall–Kier alpha value is -0.770. The van der Waals surface area contributed by atoms with Crippen LogP contribution in [0.25, 0.3) is 0 Å². The fraction of sp³-hybridized carbons (Fsp3) is 0.875. The van der Waals surface area contributed by atoms with Gasteiger partial charge in [0.15, 0.2) is 0 Å². The number of carbonyl (C=O) groups is 1. The number of fused-ring (bicyclic) bond motifs is 1. The molecule has 1 heterocycles. The number of ether oxygens (including phenoxy) is 1. The second-order valence-electron chi connectivity index (χ2n) is 3.60. The van der Waals surface area contributed by atoms with E-state index in [4.69, 9.17) is 0 Å². The van der Waals surface area contributed by atoms with Crippen LogP contribution >= 0.6 is 0 Å². The van der Waals surface area contributed by atoms with Gasteiger partial charge in [-0.05, 0) is 18.3 Å². The molecule has 0 aromatic carbocycles. The molecule has 1 saturated heterocycles. The summed E-state index contributed by atoms with van der Waals surface area (Å²) < 4.78 is 4.58. The quantitative estimate of drug-likeness (QED) is 0.561. The van der Waals surface area contributed by atoms with Crippen molar-refractivity contribution in [3.8, 4) is 0 Å². The molecule has 1 aliphatic carbocycles. The van der Waals surface area contributed by atoms with E-state index in [1.165, 1.54) is 7.11 Å². The standard InChI is InChI=1S/C8H13NO3/c1-12-8(11)9-3-5-2-6(5)7(10)4-9/h5-7,10H,2-4H2,1H3. The molecule has 3 unspecified atom stereocenters. The summed E-state index contributed by atoms with van der Waals surface area (Å²) in [6, 6.07) is 0. The summed E-state index contributed by atoms with van der Waals surface area (Å²) >= 11 is 0. The van der Waals surface area contributed by atoms with Crippen molar-refractivity contribution in [1.29, 1.82) is 0 Å². The highest BCUT2D eigenvalue weighted by Crippen LogP contribution is 2.44. The molecular formula is C8H13NO3. The number of aliphatic hydroxyl groups excluding tert-OH is 1. The van der Waals surface area contributed by atoms with Gasteiger partial charge in [-0.15, -0.1) is 0 Å². The van der Waals surface area contributed by atoms with E-state index < -0.39 is 0 Å². The number of aliphatic hydroxyl groups is 1. The first-order valence-corrected chi connectivity index (χ1v) is 4.23. The summed E-state index contributed by atoms with van der Waals surface area (Å²) in [5, 5.41) is 9.48. The summed E-state index contributed by atoms with van der Waals surface area (Å²) in [7, 11) is 1.37. The van der Waals surface area contributed by atoms with Crippen molar-refractivity contribution in [3.05, 3.63) is 0 Å². The first kappa shape index (κ1) is 7.86. The lowest BCUT2D eigenvalue weighted by Gasteiger charge is -2.28. The molecule has 0 radical (unpaired) electrons. The fourth-order valence-electron chi connectivity index (χ4n) is 1.95. The van der Waals surface area contributed by atoms with Gasteiger partial charge in [-0.1, -0.05) is 0 Å². The normalized spacial score (nSPS) is 38.8. The number of piperidine rings is 1. The Morgan fingerprint density at radius 3 is 2.92 bits per heavy atom. The van der Waals surface area contributed by atoms with Gasteiger partial charge in [-0.25, -0.2) is 4.79 Å². The van der Waals surface area contributed by atoms with E-state index in [0.717, 1.165) is 13.0 Å². The fourth-order valence-corrected chi connectivity index (χ4v) is 1.95. The number of rotatable bonds is 0. The maximum Gasteiger partial charge on any atom is 0.409 e. The van der Waals surface area contributed by atoms with Gasteiger partial charge in [-0.2, -0.15) is 0 Å². The van der Waals surface area contributed by atoms with Crippen molar-refractivity contribution in [2.24, 2.45) is 11.8 Å². The van der Waals surface area contributed by atoms with Gasteiger partial charge >= 0.3 is 6.09 Å². The highest BCUT2D eigenvalue weighted by Gasteiger charge is 2.48. The monoisotopic (exact) mass is 171 g/mol. The molecule has 12 heavy (non-hydrogen) atoms. The molecule has 1 saturated carbocycles. The van der Waals surface area contributed by atoms with Gasteiger partial charge in [0, 0.05) is 6.54 Å². The molecule has 1 aliphatic heterocycles. The third kappa shape index (κ3) is 1.16. The van der Waals surface area contributed by atoms with Crippen LogP contribution in [0.15, 0.2) is 0 Å². The molecule has 68 valence electrons. The van der Waals surface area contributed by atoms with Crippen molar-refractivity contribution < 1.29 is 14.6 Å². The number of β-amino-alcohol motifs (C(OH)–C–C–N with tert-alkyl or cyclic N) is 1. The first-order valence-electron chi connectivity index (χ1n) is 4.23.